The second kappa shape index (κ2) is 25.6. The van der Waals surface area contributed by atoms with E-state index in [0.717, 1.165) is 4.90 Å². The highest BCUT2D eigenvalue weighted by atomic mass is 127. The number of carbonyl (C=O) groups is 6. The summed E-state index contributed by atoms with van der Waals surface area (Å²) in [4.78, 5) is 79.3. The Morgan fingerprint density at radius 2 is 0.966 bits per heavy atom. The van der Waals surface area contributed by atoms with E-state index in [2.05, 4.69) is 26.6 Å². The number of Topliss-reactive ketones (excluding diaryl/α,β-unsaturated/α-hetero) is 1. The van der Waals surface area contributed by atoms with Crippen LogP contribution in [0.1, 0.15) is 41.4 Å². The van der Waals surface area contributed by atoms with Crippen LogP contribution in [0.25, 0.3) is 0 Å². The van der Waals surface area contributed by atoms with Gasteiger partial charge in [0.1, 0.15) is 13.2 Å². The van der Waals surface area contributed by atoms with Crippen molar-refractivity contribution in [2.45, 2.75) is 24.4 Å². The molecule has 0 heterocycles. The Kier molecular flexibility index (Phi) is 23.6. The molecule has 0 radical (unpaired) electrons. The molecule has 0 saturated heterocycles. The third kappa shape index (κ3) is 14.3. The van der Waals surface area contributed by atoms with Gasteiger partial charge in [-0.3, -0.25) is 28.8 Å². The number of aliphatic hydroxyl groups is 8. The Morgan fingerprint density at radius 3 is 1.38 bits per heavy atom. The number of nitrogens with one attached hydrogen (secondary N) is 5. The lowest BCUT2D eigenvalue weighted by Crippen LogP contribution is -2.45. The van der Waals surface area contributed by atoms with Gasteiger partial charge in [0.05, 0.1) is 83.0 Å². The molecule has 0 aliphatic carbocycles. The number of nitrogens with zero attached hydrogens (tertiary/aromatic N) is 1. The summed E-state index contributed by atoms with van der Waals surface area (Å²) in [5.74, 6) is -4.46. The summed E-state index contributed by atoms with van der Waals surface area (Å²) in [6.07, 6.45) is -5.67. The number of amides is 5. The van der Waals surface area contributed by atoms with Gasteiger partial charge in [0, 0.05) is 49.5 Å². The van der Waals surface area contributed by atoms with Gasteiger partial charge in [0.2, 0.25) is 11.8 Å². The maximum Gasteiger partial charge on any atom is 0.255 e. The molecule has 0 aliphatic heterocycles. The molecule has 20 nitrogen and oxygen atoms in total. The number of halogens is 6. The molecule has 322 valence electrons. The molecule has 4 atom stereocenters. The fraction of sp³-hybridized carbons (Fsp3) is 0.438. The number of carbonyl (C=O) groups excluding carboxylic acids is 6. The molecule has 0 fully saturated rings. The number of hydrogen-bond acceptors (Lipinski definition) is 15. The number of rotatable bonds is 21. The summed E-state index contributed by atoms with van der Waals surface area (Å²) in [6, 6.07) is 0. The normalized spacial score (nSPS) is 13.2. The van der Waals surface area contributed by atoms with Crippen molar-refractivity contribution in [1.29, 1.82) is 0 Å². The van der Waals surface area contributed by atoms with Crippen LogP contribution in [0.3, 0.4) is 0 Å². The minimum absolute atomic E-state index is 0.00415. The average molecular weight is 1490 g/mol. The van der Waals surface area contributed by atoms with Crippen LogP contribution < -0.4 is 26.6 Å². The van der Waals surface area contributed by atoms with Crippen molar-refractivity contribution in [2.24, 2.45) is 0 Å². The van der Waals surface area contributed by atoms with Crippen molar-refractivity contribution in [3.05, 3.63) is 43.7 Å². The Labute approximate surface area is 412 Å². The third-order valence-corrected chi connectivity index (χ3v) is 14.2. The van der Waals surface area contributed by atoms with Crippen LogP contribution in [0, 0.1) is 21.4 Å². The number of likely N-dealkylation sites (N-methyl/N-ethyl adjacent to an activating group) is 1. The van der Waals surface area contributed by atoms with Gasteiger partial charge in [-0.05, 0) is 136 Å². The predicted octanol–water partition coefficient (Wildman–Crippen LogP) is -1.39. The summed E-state index contributed by atoms with van der Waals surface area (Å²) >= 11 is 10.7. The molecule has 0 bridgehead atoms. The number of anilines is 2. The van der Waals surface area contributed by atoms with Gasteiger partial charge >= 0.3 is 0 Å². The maximum atomic E-state index is 13.9. The van der Waals surface area contributed by atoms with Crippen LogP contribution >= 0.6 is 136 Å². The van der Waals surface area contributed by atoms with Gasteiger partial charge in [0.25, 0.3) is 17.7 Å². The SMILES string of the molecule is CN(CC(O)C(O)CNCC(=O)c1c(I)c(NC(=O)CO)c(I)c(C(=O)NCC(O)CO)c1I)C(=O)c1c(I)c(NC(=O)CO)c(I)c(C(=O)NCC(O)CO)c1I. The summed E-state index contributed by atoms with van der Waals surface area (Å²) < 4.78 is 1.17. The lowest BCUT2D eigenvalue weighted by molar-refractivity contribution is -0.119. The monoisotopic (exact) mass is 1490 g/mol. The van der Waals surface area contributed by atoms with E-state index in [9.17, 15) is 59.4 Å². The third-order valence-electron chi connectivity index (χ3n) is 7.71. The Morgan fingerprint density at radius 1 is 0.569 bits per heavy atom. The van der Waals surface area contributed by atoms with E-state index < -0.39 is 99.3 Å². The van der Waals surface area contributed by atoms with Crippen molar-refractivity contribution in [3.8, 4) is 0 Å². The Balaban J connectivity index is 2.33. The molecule has 0 spiro atoms. The predicted molar refractivity (Wildman–Crippen MR) is 258 cm³/mol. The number of hydrogen-bond donors (Lipinski definition) is 13. The maximum absolute atomic E-state index is 13.9. The van der Waals surface area contributed by atoms with Crippen LogP contribution in [-0.2, 0) is 9.59 Å². The van der Waals surface area contributed by atoms with E-state index in [1.54, 1.807) is 136 Å². The first-order chi connectivity index (χ1) is 27.2. The zero-order chi connectivity index (χ0) is 44.2. The molecule has 4 unspecified atom stereocenters. The summed E-state index contributed by atoms with van der Waals surface area (Å²) in [5.41, 5.74) is -0.0455. The van der Waals surface area contributed by atoms with E-state index in [0.29, 0.717) is 0 Å². The topological polar surface area (TPSA) is 328 Å². The molecule has 2 rings (SSSR count). The molecule has 5 amide bonds. The average Bonchev–Trinajstić information content (AvgIpc) is 3.18. The fourth-order valence-electron chi connectivity index (χ4n) is 4.70. The minimum Gasteiger partial charge on any atom is -0.394 e. The first-order valence-corrected chi connectivity index (χ1v) is 22.9. The van der Waals surface area contributed by atoms with Crippen molar-refractivity contribution >= 4 is 182 Å². The number of ketones is 1. The van der Waals surface area contributed by atoms with Crippen LogP contribution in [0.5, 0.6) is 0 Å². The second-order valence-corrected chi connectivity index (χ2v) is 18.5. The first-order valence-electron chi connectivity index (χ1n) is 16.4. The molecule has 2 aromatic rings. The van der Waals surface area contributed by atoms with Gasteiger partial charge in [-0.2, -0.15) is 0 Å². The van der Waals surface area contributed by atoms with Crippen molar-refractivity contribution in [1.82, 2.24) is 20.9 Å². The van der Waals surface area contributed by atoms with E-state index >= 15 is 0 Å². The lowest BCUT2D eigenvalue weighted by Gasteiger charge is -2.26. The zero-order valence-corrected chi connectivity index (χ0v) is 42.9. The zero-order valence-electron chi connectivity index (χ0n) is 29.9. The van der Waals surface area contributed by atoms with Crippen LogP contribution in [0.4, 0.5) is 11.4 Å². The molecular formula is C32H38I6N6O14. The summed E-state index contributed by atoms with van der Waals surface area (Å²) in [5, 5.41) is 90.7. The number of aliphatic hydroxyl groups excluding tert-OH is 8. The van der Waals surface area contributed by atoms with Gasteiger partial charge < -0.3 is 72.3 Å². The van der Waals surface area contributed by atoms with Crippen LogP contribution in [0.2, 0.25) is 0 Å². The molecule has 0 aliphatic rings. The van der Waals surface area contributed by atoms with Crippen LogP contribution in [0.15, 0.2) is 0 Å². The summed E-state index contributed by atoms with van der Waals surface area (Å²) in [7, 11) is 1.31. The van der Waals surface area contributed by atoms with Gasteiger partial charge in [-0.15, -0.1) is 0 Å². The lowest BCUT2D eigenvalue weighted by atomic mass is 10.0. The Bertz CT molecular complexity index is 1890. The second-order valence-electron chi connectivity index (χ2n) is 12.0. The Hall–Kier alpha value is -0.520. The minimum atomic E-state index is -1.59. The smallest absolute Gasteiger partial charge is 0.255 e. The highest BCUT2D eigenvalue weighted by Crippen LogP contribution is 2.37. The van der Waals surface area contributed by atoms with Gasteiger partial charge in [0.15, 0.2) is 5.78 Å². The van der Waals surface area contributed by atoms with E-state index in [-0.39, 0.29) is 74.7 Å². The highest BCUT2D eigenvalue weighted by Gasteiger charge is 2.32. The molecule has 2 aromatic carbocycles. The van der Waals surface area contributed by atoms with Gasteiger partial charge in [-0.1, -0.05) is 0 Å². The largest absolute Gasteiger partial charge is 0.394 e. The van der Waals surface area contributed by atoms with Crippen LogP contribution in [-0.4, -0.2) is 172 Å². The quantitative estimate of drug-likeness (QED) is 0.0506. The highest BCUT2D eigenvalue weighted by molar-refractivity contribution is 14.1. The molecule has 0 aromatic heterocycles. The first kappa shape index (κ1) is 53.6. The molecule has 0 saturated carbocycles. The van der Waals surface area contributed by atoms with E-state index in [1.165, 1.54) is 7.05 Å². The van der Waals surface area contributed by atoms with E-state index in [1.807, 2.05) is 0 Å². The molecule has 26 heteroatoms. The molecular weight excluding hydrogens is 1450 g/mol. The van der Waals surface area contributed by atoms with Gasteiger partial charge in [-0.25, -0.2) is 0 Å². The fourth-order valence-corrected chi connectivity index (χ4v) is 13.6. The number of benzene rings is 2. The van der Waals surface area contributed by atoms with Crippen molar-refractivity contribution in [3.63, 3.8) is 0 Å². The summed E-state index contributed by atoms with van der Waals surface area (Å²) in [6.45, 7) is -4.97. The standard InChI is InChI=1S/C32H38I6N6O14/c1-44(32(58)21-23(34)20(31(57)41-3-12(50)8-46)26(37)29(27(21)38)43-17(55)10-48)6-15(53)13(51)4-39-5-14(52)18-22(33)19(30(56)40-2-11(49)7-45)25(36)28(24(18)35)42-16(54)9-47/h11-13,15,39,45-51,53H,2-10H2,1H3,(H,40,56)(H,41,57)(H,42,54)(H,43,55). The van der Waals surface area contributed by atoms with E-state index in [4.69, 9.17) is 10.2 Å². The van der Waals surface area contributed by atoms with Crippen molar-refractivity contribution < 1.29 is 69.6 Å². The molecule has 13 N–H and O–H groups in total. The molecule has 58 heavy (non-hydrogen) atoms. The van der Waals surface area contributed by atoms with Crippen molar-refractivity contribution in [2.75, 3.05) is 76.8 Å².